The Morgan fingerprint density at radius 2 is 1.29 bits per heavy atom. The monoisotopic (exact) mass is 247 g/mol. The molecule has 9 nitrogen and oxygen atoms in total. The maximum Gasteiger partial charge on any atom is 0.372 e. The summed E-state index contributed by atoms with van der Waals surface area (Å²) >= 11 is 0. The second-order valence-electron chi connectivity index (χ2n) is 3.33. The fourth-order valence-corrected chi connectivity index (χ4v) is 1.35. The molecule has 0 aliphatic rings. The van der Waals surface area contributed by atoms with Gasteiger partial charge in [0.05, 0.1) is 0 Å². The van der Waals surface area contributed by atoms with Crippen molar-refractivity contribution in [2.75, 3.05) is 7.11 Å². The van der Waals surface area contributed by atoms with Crippen LogP contribution in [-0.4, -0.2) is 31.2 Å². The van der Waals surface area contributed by atoms with Crippen LogP contribution in [0, 0.1) is 0 Å². The molecule has 1 aromatic heterocycles. The highest BCUT2D eigenvalue weighted by Gasteiger charge is 2.20. The largest absolute Gasteiger partial charge is 0.408 e. The Balaban J connectivity index is 3.91. The highest BCUT2D eigenvalue weighted by molar-refractivity contribution is 4.78. The van der Waals surface area contributed by atoms with Crippen molar-refractivity contribution in [1.82, 2.24) is 13.9 Å². The Kier molecular flexibility index (Phi) is 3.53. The molecule has 0 fully saturated rings. The lowest BCUT2D eigenvalue weighted by Crippen LogP contribution is -2.57. The van der Waals surface area contributed by atoms with Crippen LogP contribution in [0.2, 0.25) is 0 Å². The SMILES string of the molecule is COn1c(=O)n(C(C)O)c(=O)n(C(C)O)c1=O. The van der Waals surface area contributed by atoms with Crippen LogP contribution in [-0.2, 0) is 0 Å². The summed E-state index contributed by atoms with van der Waals surface area (Å²) in [4.78, 5) is 39.4. The molecule has 96 valence electrons. The third kappa shape index (κ3) is 2.01. The van der Waals surface area contributed by atoms with Gasteiger partial charge in [-0.2, -0.15) is 0 Å². The Bertz CT molecular complexity index is 532. The number of hydrogen-bond donors (Lipinski definition) is 2. The molecule has 0 aliphatic carbocycles. The van der Waals surface area contributed by atoms with E-state index in [1.54, 1.807) is 0 Å². The van der Waals surface area contributed by atoms with Crippen LogP contribution in [0.25, 0.3) is 0 Å². The molecule has 2 unspecified atom stereocenters. The van der Waals surface area contributed by atoms with Gasteiger partial charge in [0.1, 0.15) is 19.6 Å². The van der Waals surface area contributed by atoms with Crippen molar-refractivity contribution < 1.29 is 15.1 Å². The lowest BCUT2D eigenvalue weighted by Gasteiger charge is -2.15. The maximum absolute atomic E-state index is 11.7. The van der Waals surface area contributed by atoms with Crippen LogP contribution in [0.4, 0.5) is 0 Å². The van der Waals surface area contributed by atoms with E-state index >= 15 is 0 Å². The van der Waals surface area contributed by atoms with Crippen LogP contribution < -0.4 is 21.9 Å². The van der Waals surface area contributed by atoms with Crippen molar-refractivity contribution in [2.45, 2.75) is 26.3 Å². The van der Waals surface area contributed by atoms with Crippen molar-refractivity contribution in [3.05, 3.63) is 31.5 Å². The number of hydrogen-bond acceptors (Lipinski definition) is 6. The molecule has 17 heavy (non-hydrogen) atoms. The van der Waals surface area contributed by atoms with Crippen molar-refractivity contribution >= 4 is 0 Å². The topological polar surface area (TPSA) is 116 Å². The zero-order valence-corrected chi connectivity index (χ0v) is 9.52. The highest BCUT2D eigenvalue weighted by atomic mass is 16.7. The first-order chi connectivity index (χ1) is 7.82. The first-order valence-corrected chi connectivity index (χ1v) is 4.73. The molecule has 9 heteroatoms. The first kappa shape index (κ1) is 13.2. The van der Waals surface area contributed by atoms with Crippen molar-refractivity contribution in [2.24, 2.45) is 0 Å². The minimum atomic E-state index is -1.46. The summed E-state index contributed by atoms with van der Waals surface area (Å²) in [6.07, 6.45) is -2.91. The lowest BCUT2D eigenvalue weighted by atomic mass is 10.6. The van der Waals surface area contributed by atoms with Gasteiger partial charge >= 0.3 is 17.1 Å². The Hall–Kier alpha value is -1.87. The molecule has 0 radical (unpaired) electrons. The van der Waals surface area contributed by atoms with E-state index < -0.39 is 29.5 Å². The van der Waals surface area contributed by atoms with E-state index in [1.807, 2.05) is 0 Å². The first-order valence-electron chi connectivity index (χ1n) is 4.73. The molecule has 0 aromatic carbocycles. The predicted octanol–water partition coefficient (Wildman–Crippen LogP) is -2.75. The molecule has 0 saturated heterocycles. The normalized spacial score (nSPS) is 14.4. The molecule has 0 spiro atoms. The van der Waals surface area contributed by atoms with Gasteiger partial charge in [-0.3, -0.25) is 0 Å². The van der Waals surface area contributed by atoms with Crippen LogP contribution >= 0.6 is 0 Å². The molecule has 1 heterocycles. The minimum absolute atomic E-state index is 0.265. The molecule has 0 amide bonds. The molecular weight excluding hydrogens is 234 g/mol. The van der Waals surface area contributed by atoms with E-state index in [4.69, 9.17) is 0 Å². The summed E-state index contributed by atoms with van der Waals surface area (Å²) in [6, 6.07) is 0. The van der Waals surface area contributed by atoms with Gasteiger partial charge in [0.15, 0.2) is 0 Å². The average molecular weight is 247 g/mol. The third-order valence-corrected chi connectivity index (χ3v) is 2.10. The molecule has 2 atom stereocenters. The summed E-state index contributed by atoms with van der Waals surface area (Å²) in [7, 11) is 1.05. The molecule has 1 rings (SSSR count). The van der Waals surface area contributed by atoms with Gasteiger partial charge < -0.3 is 15.1 Å². The van der Waals surface area contributed by atoms with Crippen LogP contribution in [0.1, 0.15) is 26.3 Å². The van der Waals surface area contributed by atoms with Gasteiger partial charge in [0.25, 0.3) is 0 Å². The molecule has 0 saturated carbocycles. The van der Waals surface area contributed by atoms with E-state index in [2.05, 4.69) is 4.84 Å². The third-order valence-electron chi connectivity index (χ3n) is 2.10. The number of nitrogens with zero attached hydrogens (tertiary/aromatic N) is 3. The smallest absolute Gasteiger partial charge is 0.372 e. The maximum atomic E-state index is 11.7. The highest BCUT2D eigenvalue weighted by Crippen LogP contribution is 1.92. The van der Waals surface area contributed by atoms with E-state index in [9.17, 15) is 24.6 Å². The second kappa shape index (κ2) is 4.55. The lowest BCUT2D eigenvalue weighted by molar-refractivity contribution is 0.0505. The van der Waals surface area contributed by atoms with Crippen LogP contribution in [0.3, 0.4) is 0 Å². The van der Waals surface area contributed by atoms with E-state index in [-0.39, 0.29) is 4.73 Å². The van der Waals surface area contributed by atoms with Gasteiger partial charge in [-0.1, -0.05) is 4.73 Å². The van der Waals surface area contributed by atoms with E-state index in [1.165, 1.54) is 13.8 Å². The van der Waals surface area contributed by atoms with E-state index in [0.717, 1.165) is 7.11 Å². The quantitative estimate of drug-likeness (QED) is 0.598. The molecule has 0 bridgehead atoms. The molecule has 0 aliphatic heterocycles. The average Bonchev–Trinajstić information content (AvgIpc) is 2.16. The molecule has 1 aromatic rings. The number of rotatable bonds is 3. The van der Waals surface area contributed by atoms with Gasteiger partial charge in [-0.25, -0.2) is 23.5 Å². The zero-order valence-electron chi connectivity index (χ0n) is 9.52. The summed E-state index contributed by atoms with van der Waals surface area (Å²) < 4.78 is 1.04. The van der Waals surface area contributed by atoms with Gasteiger partial charge in [0, 0.05) is 0 Å². The zero-order chi connectivity index (χ0) is 13.3. The fraction of sp³-hybridized carbons (Fsp3) is 0.625. The van der Waals surface area contributed by atoms with Crippen LogP contribution in [0.5, 0.6) is 0 Å². The molecule has 2 N–H and O–H groups in total. The van der Waals surface area contributed by atoms with E-state index in [0.29, 0.717) is 9.13 Å². The second-order valence-corrected chi connectivity index (χ2v) is 3.33. The summed E-state index contributed by atoms with van der Waals surface area (Å²) in [5, 5.41) is 18.6. The predicted molar refractivity (Wildman–Crippen MR) is 55.6 cm³/mol. The van der Waals surface area contributed by atoms with Gasteiger partial charge in [-0.05, 0) is 13.8 Å². The fourth-order valence-electron chi connectivity index (χ4n) is 1.35. The standard InChI is InChI=1S/C8H13N3O6/c1-4(12)9-6(14)10(5(2)13)8(16)11(17-3)7(9)15/h4-5,12-13H,1-3H3. The summed E-state index contributed by atoms with van der Waals surface area (Å²) in [5.74, 6) is 0. The van der Waals surface area contributed by atoms with Crippen molar-refractivity contribution in [3.63, 3.8) is 0 Å². The Labute approximate surface area is 94.7 Å². The molecular formula is C8H13N3O6. The Morgan fingerprint density at radius 3 is 1.53 bits per heavy atom. The summed E-state index contributed by atoms with van der Waals surface area (Å²) in [6.45, 7) is 2.33. The van der Waals surface area contributed by atoms with Crippen molar-refractivity contribution in [3.8, 4) is 0 Å². The number of aliphatic hydroxyl groups is 2. The minimum Gasteiger partial charge on any atom is -0.408 e. The Morgan fingerprint density at radius 1 is 0.941 bits per heavy atom. The number of aliphatic hydroxyl groups excluding tert-OH is 2. The van der Waals surface area contributed by atoms with Crippen LogP contribution in [0.15, 0.2) is 14.4 Å². The summed E-state index contributed by atoms with van der Waals surface area (Å²) in [5.41, 5.74) is -3.35. The van der Waals surface area contributed by atoms with Gasteiger partial charge in [-0.15, -0.1) is 0 Å². The van der Waals surface area contributed by atoms with Crippen molar-refractivity contribution in [1.29, 1.82) is 0 Å². The van der Waals surface area contributed by atoms with Gasteiger partial charge in [0.2, 0.25) is 0 Å². The number of aromatic nitrogens is 3.